The second-order valence-corrected chi connectivity index (χ2v) is 6.31. The third-order valence-electron chi connectivity index (χ3n) is 3.57. The molecule has 0 bridgehead atoms. The molecule has 4 nitrogen and oxygen atoms in total. The van der Waals surface area contributed by atoms with E-state index in [0.717, 1.165) is 32.4 Å². The van der Waals surface area contributed by atoms with Gasteiger partial charge in [0.25, 0.3) is 0 Å². The van der Waals surface area contributed by atoms with Crippen molar-refractivity contribution in [2.24, 2.45) is 0 Å². The SMILES string of the molecule is CCOC(=O)c1ccc2nc(C)cc(Nc3ccc(Br)cc3)c2c1.[Cl-]. The van der Waals surface area contributed by atoms with Crippen molar-refractivity contribution >= 4 is 44.2 Å². The molecule has 3 rings (SSSR count). The zero-order valence-electron chi connectivity index (χ0n) is 13.8. The first-order chi connectivity index (χ1) is 11.6. The van der Waals surface area contributed by atoms with E-state index in [4.69, 9.17) is 4.74 Å². The van der Waals surface area contributed by atoms with Gasteiger partial charge in [-0.15, -0.1) is 0 Å². The molecular weight excluding hydrogens is 404 g/mol. The van der Waals surface area contributed by atoms with E-state index in [-0.39, 0.29) is 18.4 Å². The molecule has 0 fully saturated rings. The van der Waals surface area contributed by atoms with Gasteiger partial charge in [0, 0.05) is 26.9 Å². The molecule has 0 radical (unpaired) electrons. The van der Waals surface area contributed by atoms with Gasteiger partial charge in [-0.3, -0.25) is 4.98 Å². The molecule has 25 heavy (non-hydrogen) atoms. The predicted octanol–water partition coefficient (Wildman–Crippen LogP) is 2.23. The Morgan fingerprint density at radius 3 is 2.56 bits per heavy atom. The maximum absolute atomic E-state index is 12.0. The molecule has 0 aliphatic rings. The van der Waals surface area contributed by atoms with Crippen LogP contribution in [0.1, 0.15) is 23.0 Å². The van der Waals surface area contributed by atoms with E-state index in [1.807, 2.05) is 49.4 Å². The average Bonchev–Trinajstić information content (AvgIpc) is 2.56. The molecule has 6 heteroatoms. The third kappa shape index (κ3) is 4.50. The van der Waals surface area contributed by atoms with Gasteiger partial charge in [0.2, 0.25) is 0 Å². The predicted molar refractivity (Wildman–Crippen MR) is 99.9 cm³/mol. The van der Waals surface area contributed by atoms with Gasteiger partial charge in [0.15, 0.2) is 0 Å². The summed E-state index contributed by atoms with van der Waals surface area (Å²) in [7, 11) is 0. The van der Waals surface area contributed by atoms with Crippen LogP contribution in [0.15, 0.2) is 53.0 Å². The summed E-state index contributed by atoms with van der Waals surface area (Å²) in [5.41, 5.74) is 4.14. The molecule has 0 amide bonds. The minimum Gasteiger partial charge on any atom is -1.00 e. The largest absolute Gasteiger partial charge is 1.00 e. The van der Waals surface area contributed by atoms with E-state index in [2.05, 4.69) is 26.2 Å². The Labute approximate surface area is 161 Å². The number of hydrogen-bond donors (Lipinski definition) is 1. The first-order valence-corrected chi connectivity index (χ1v) is 8.47. The van der Waals surface area contributed by atoms with Crippen LogP contribution in [0.25, 0.3) is 10.9 Å². The molecule has 0 unspecified atom stereocenters. The van der Waals surface area contributed by atoms with Crippen LogP contribution in [0.3, 0.4) is 0 Å². The van der Waals surface area contributed by atoms with Crippen molar-refractivity contribution in [3.05, 3.63) is 64.3 Å². The summed E-state index contributed by atoms with van der Waals surface area (Å²) < 4.78 is 6.11. The van der Waals surface area contributed by atoms with E-state index in [1.165, 1.54) is 0 Å². The van der Waals surface area contributed by atoms with Gasteiger partial charge < -0.3 is 22.5 Å². The number of anilines is 2. The molecule has 0 aliphatic heterocycles. The van der Waals surface area contributed by atoms with Gasteiger partial charge in [-0.25, -0.2) is 4.79 Å². The molecule has 130 valence electrons. The highest BCUT2D eigenvalue weighted by Crippen LogP contribution is 2.28. The highest BCUT2D eigenvalue weighted by Gasteiger charge is 2.11. The minimum absolute atomic E-state index is 0. The van der Waals surface area contributed by atoms with Crippen molar-refractivity contribution in [2.45, 2.75) is 13.8 Å². The number of hydrogen-bond acceptors (Lipinski definition) is 4. The Morgan fingerprint density at radius 2 is 1.88 bits per heavy atom. The molecule has 1 heterocycles. The fourth-order valence-corrected chi connectivity index (χ4v) is 2.76. The topological polar surface area (TPSA) is 51.2 Å². The van der Waals surface area contributed by atoms with Crippen LogP contribution in [0.2, 0.25) is 0 Å². The number of benzene rings is 2. The maximum Gasteiger partial charge on any atom is 0.338 e. The first-order valence-electron chi connectivity index (χ1n) is 7.68. The summed E-state index contributed by atoms with van der Waals surface area (Å²) in [6, 6.07) is 15.3. The highest BCUT2D eigenvalue weighted by atomic mass is 79.9. The van der Waals surface area contributed by atoms with E-state index >= 15 is 0 Å². The molecule has 2 aromatic carbocycles. The molecular formula is C19H17BrClN2O2-. The Hall–Kier alpha value is -2.11. The summed E-state index contributed by atoms with van der Waals surface area (Å²) in [5, 5.41) is 4.28. The second-order valence-electron chi connectivity index (χ2n) is 5.40. The summed E-state index contributed by atoms with van der Waals surface area (Å²) >= 11 is 3.43. The van der Waals surface area contributed by atoms with Crippen molar-refractivity contribution in [1.29, 1.82) is 0 Å². The van der Waals surface area contributed by atoms with Crippen LogP contribution in [0, 0.1) is 6.92 Å². The lowest BCUT2D eigenvalue weighted by atomic mass is 10.1. The summed E-state index contributed by atoms with van der Waals surface area (Å²) in [6.07, 6.45) is 0. The van der Waals surface area contributed by atoms with Gasteiger partial charge in [0.1, 0.15) is 0 Å². The zero-order chi connectivity index (χ0) is 17.1. The van der Waals surface area contributed by atoms with Gasteiger partial charge in [-0.1, -0.05) is 15.9 Å². The molecule has 0 atom stereocenters. The first kappa shape index (κ1) is 19.2. The second kappa shape index (κ2) is 8.32. The van der Waals surface area contributed by atoms with Crippen molar-refractivity contribution in [1.82, 2.24) is 4.98 Å². The summed E-state index contributed by atoms with van der Waals surface area (Å²) in [5.74, 6) is -0.324. The molecule has 0 spiro atoms. The number of nitrogens with one attached hydrogen (secondary N) is 1. The Kier molecular flexibility index (Phi) is 6.39. The molecule has 0 saturated carbocycles. The molecule has 3 aromatic rings. The Morgan fingerprint density at radius 1 is 1.16 bits per heavy atom. The number of pyridine rings is 1. The maximum atomic E-state index is 12.0. The lowest BCUT2D eigenvalue weighted by molar-refractivity contribution is -0.0000228. The number of ether oxygens (including phenoxy) is 1. The lowest BCUT2D eigenvalue weighted by Crippen LogP contribution is -3.00. The van der Waals surface area contributed by atoms with E-state index in [9.17, 15) is 4.79 Å². The van der Waals surface area contributed by atoms with E-state index in [0.29, 0.717) is 12.2 Å². The smallest absolute Gasteiger partial charge is 0.338 e. The van der Waals surface area contributed by atoms with Gasteiger partial charge >= 0.3 is 5.97 Å². The fourth-order valence-electron chi connectivity index (χ4n) is 2.49. The molecule has 1 aromatic heterocycles. The number of carbonyl (C=O) groups excluding carboxylic acids is 1. The number of aryl methyl sites for hydroxylation is 1. The van der Waals surface area contributed by atoms with Crippen LogP contribution in [0.4, 0.5) is 11.4 Å². The highest BCUT2D eigenvalue weighted by molar-refractivity contribution is 9.10. The zero-order valence-corrected chi connectivity index (χ0v) is 16.2. The molecule has 0 aliphatic carbocycles. The number of fused-ring (bicyclic) bond motifs is 1. The summed E-state index contributed by atoms with van der Waals surface area (Å²) in [6.45, 7) is 4.10. The molecule has 0 saturated heterocycles. The number of carbonyl (C=O) groups is 1. The van der Waals surface area contributed by atoms with Crippen LogP contribution in [0.5, 0.6) is 0 Å². The van der Waals surface area contributed by atoms with Gasteiger partial charge in [0.05, 0.1) is 17.7 Å². The van der Waals surface area contributed by atoms with Gasteiger partial charge in [-0.05, 0) is 62.4 Å². The number of halogens is 2. The quantitative estimate of drug-likeness (QED) is 0.658. The number of nitrogens with zero attached hydrogens (tertiary/aromatic N) is 1. The summed E-state index contributed by atoms with van der Waals surface area (Å²) in [4.78, 5) is 16.5. The number of esters is 1. The van der Waals surface area contributed by atoms with Gasteiger partial charge in [-0.2, -0.15) is 0 Å². The van der Waals surface area contributed by atoms with Crippen molar-refractivity contribution < 1.29 is 21.9 Å². The van der Waals surface area contributed by atoms with Crippen molar-refractivity contribution in [3.63, 3.8) is 0 Å². The average molecular weight is 421 g/mol. The van der Waals surface area contributed by atoms with E-state index < -0.39 is 0 Å². The standard InChI is InChI=1S/C19H17BrN2O2.ClH/c1-3-24-19(23)13-4-9-17-16(11-13)18(10-12(2)21-17)22-15-7-5-14(20)6-8-15;/h4-11H,3H2,1-2H3,(H,21,22);1H/p-1. The Bertz CT molecular complexity index is 898. The lowest BCUT2D eigenvalue weighted by Gasteiger charge is -2.12. The van der Waals surface area contributed by atoms with Crippen LogP contribution in [-0.4, -0.2) is 17.6 Å². The monoisotopic (exact) mass is 419 g/mol. The number of aromatic nitrogens is 1. The van der Waals surface area contributed by atoms with Crippen molar-refractivity contribution in [2.75, 3.05) is 11.9 Å². The van der Waals surface area contributed by atoms with Crippen LogP contribution < -0.4 is 17.7 Å². The normalized spacial score (nSPS) is 10.2. The van der Waals surface area contributed by atoms with Crippen molar-refractivity contribution in [3.8, 4) is 0 Å². The molecule has 1 N–H and O–H groups in total. The Balaban J connectivity index is 0.00000225. The van der Waals surface area contributed by atoms with Crippen LogP contribution >= 0.6 is 15.9 Å². The number of rotatable bonds is 4. The third-order valence-corrected chi connectivity index (χ3v) is 4.10. The van der Waals surface area contributed by atoms with E-state index in [1.54, 1.807) is 13.0 Å². The fraction of sp³-hybridized carbons (Fsp3) is 0.158. The minimum atomic E-state index is -0.324. The van der Waals surface area contributed by atoms with Crippen LogP contribution in [-0.2, 0) is 4.74 Å².